The summed E-state index contributed by atoms with van der Waals surface area (Å²) in [4.78, 5) is 21.7. The molecule has 0 atom stereocenters. The number of fused-ring (bicyclic) bond motifs is 1. The summed E-state index contributed by atoms with van der Waals surface area (Å²) in [7, 11) is 0. The van der Waals surface area contributed by atoms with Crippen LogP contribution in [0.4, 0.5) is 17.1 Å². The van der Waals surface area contributed by atoms with Crippen LogP contribution in [0.15, 0.2) is 79.0 Å². The summed E-state index contributed by atoms with van der Waals surface area (Å²) in [6.45, 7) is 0.289. The summed E-state index contributed by atoms with van der Waals surface area (Å²) in [5.41, 5.74) is 1.99. The van der Waals surface area contributed by atoms with Crippen LogP contribution in [0.3, 0.4) is 0 Å². The normalized spacial score (nSPS) is 11.1. The zero-order valence-electron chi connectivity index (χ0n) is 16.2. The van der Waals surface area contributed by atoms with Crippen molar-refractivity contribution >= 4 is 44.7 Å². The number of para-hydroxylation sites is 2. The van der Waals surface area contributed by atoms with Gasteiger partial charge in [0.1, 0.15) is 4.70 Å². The average molecular weight is 434 g/mol. The molecule has 0 saturated heterocycles. The Bertz CT molecular complexity index is 1270. The molecule has 4 aromatic rings. The van der Waals surface area contributed by atoms with Gasteiger partial charge < -0.3 is 5.32 Å². The standard InChI is InChI=1S/C22H17N4O4S/c27-25(28)18-12-16(13-19(14-18)26(29)30)15-24-20-8-4-5-9-21(20)31-22(24)10-11-23-17-6-2-1-3-7-17/h1-14H,15H2,(H,27,28)/q+1/p+1. The number of nitro groups is 1. The Morgan fingerprint density at radius 2 is 1.71 bits per heavy atom. The van der Waals surface area contributed by atoms with Gasteiger partial charge in [0, 0.05) is 41.7 Å². The molecule has 8 nitrogen and oxygen atoms in total. The molecule has 0 spiro atoms. The molecule has 1 heterocycles. The first-order valence-electron chi connectivity index (χ1n) is 9.35. The lowest BCUT2D eigenvalue weighted by Gasteiger charge is -2.00. The van der Waals surface area contributed by atoms with Crippen molar-refractivity contribution in [3.05, 3.63) is 105 Å². The summed E-state index contributed by atoms with van der Waals surface area (Å²) in [5, 5.41) is 24.7. The van der Waals surface area contributed by atoms with E-state index in [0.29, 0.717) is 5.56 Å². The number of hydrogen-bond donors (Lipinski definition) is 2. The Hall–Kier alpha value is -4.11. The Labute approximate surface area is 181 Å². The Balaban J connectivity index is 1.72. The van der Waals surface area contributed by atoms with Crippen molar-refractivity contribution in [2.75, 3.05) is 5.32 Å². The first-order valence-corrected chi connectivity index (χ1v) is 10.2. The highest BCUT2D eigenvalue weighted by Gasteiger charge is 2.24. The van der Waals surface area contributed by atoms with Crippen molar-refractivity contribution in [2.24, 2.45) is 0 Å². The molecule has 0 aliphatic heterocycles. The van der Waals surface area contributed by atoms with E-state index in [2.05, 4.69) is 5.32 Å². The van der Waals surface area contributed by atoms with Crippen LogP contribution in [0, 0.1) is 15.0 Å². The molecule has 0 aliphatic rings. The minimum absolute atomic E-state index is 0.188. The van der Waals surface area contributed by atoms with Crippen LogP contribution in [-0.4, -0.2) is 15.1 Å². The number of benzene rings is 3. The number of nitro benzene ring substituents is 1. The number of thiazole rings is 1. The van der Waals surface area contributed by atoms with Gasteiger partial charge >= 0.3 is 5.69 Å². The van der Waals surface area contributed by atoms with Crippen LogP contribution in [0.25, 0.3) is 16.3 Å². The fraction of sp³-hybridized carbons (Fsp3) is 0.0455. The zero-order valence-corrected chi connectivity index (χ0v) is 17.0. The van der Waals surface area contributed by atoms with Crippen molar-refractivity contribution < 1.29 is 19.6 Å². The van der Waals surface area contributed by atoms with Crippen LogP contribution in [-0.2, 0) is 6.54 Å². The van der Waals surface area contributed by atoms with E-state index in [0.717, 1.165) is 27.0 Å². The summed E-state index contributed by atoms with van der Waals surface area (Å²) in [6.07, 6.45) is 3.77. The predicted octanol–water partition coefficient (Wildman–Crippen LogP) is 5.03. The second kappa shape index (κ2) is 8.72. The fourth-order valence-electron chi connectivity index (χ4n) is 3.23. The molecule has 4 rings (SSSR count). The molecule has 0 saturated carbocycles. The van der Waals surface area contributed by atoms with Crippen molar-refractivity contribution in [1.82, 2.24) is 0 Å². The summed E-state index contributed by atoms with van der Waals surface area (Å²) in [5.74, 6) is 0. The van der Waals surface area contributed by atoms with Gasteiger partial charge in [0.15, 0.2) is 6.54 Å². The predicted molar refractivity (Wildman–Crippen MR) is 118 cm³/mol. The van der Waals surface area contributed by atoms with E-state index in [9.17, 15) is 20.2 Å². The van der Waals surface area contributed by atoms with E-state index in [4.69, 9.17) is 0 Å². The van der Waals surface area contributed by atoms with Crippen LogP contribution in [0.5, 0.6) is 0 Å². The van der Waals surface area contributed by atoms with E-state index in [1.54, 1.807) is 11.3 Å². The van der Waals surface area contributed by atoms with Gasteiger partial charge in [-0.1, -0.05) is 41.7 Å². The Morgan fingerprint density at radius 1 is 1.00 bits per heavy atom. The minimum Gasteiger partial charge on any atom is -0.361 e. The smallest absolute Gasteiger partial charge is 0.323 e. The van der Waals surface area contributed by atoms with Crippen molar-refractivity contribution in [3.63, 3.8) is 0 Å². The Morgan fingerprint density at radius 3 is 2.45 bits per heavy atom. The molecule has 0 unspecified atom stereocenters. The van der Waals surface area contributed by atoms with Gasteiger partial charge in [-0.25, -0.2) is 5.21 Å². The fourth-order valence-corrected chi connectivity index (χ4v) is 4.29. The molecule has 1 aromatic heterocycles. The third kappa shape index (κ3) is 4.57. The van der Waals surface area contributed by atoms with E-state index < -0.39 is 4.92 Å². The highest BCUT2D eigenvalue weighted by molar-refractivity contribution is 7.18. The van der Waals surface area contributed by atoms with Gasteiger partial charge in [-0.15, -0.1) is 0 Å². The summed E-state index contributed by atoms with van der Waals surface area (Å²) in [6, 6.07) is 21.5. The third-order valence-corrected chi connectivity index (χ3v) is 5.75. The number of anilines is 1. The van der Waals surface area contributed by atoms with Crippen LogP contribution in [0.2, 0.25) is 0 Å². The lowest BCUT2D eigenvalue weighted by atomic mass is 10.1. The van der Waals surface area contributed by atoms with E-state index in [-0.39, 0.29) is 22.8 Å². The molecule has 3 aromatic carbocycles. The molecule has 154 valence electrons. The number of nitrogens with one attached hydrogen (secondary N) is 1. The lowest BCUT2D eigenvalue weighted by molar-refractivity contribution is -0.730. The first kappa shape index (κ1) is 20.2. The van der Waals surface area contributed by atoms with E-state index in [1.165, 1.54) is 12.1 Å². The number of rotatable bonds is 7. The van der Waals surface area contributed by atoms with Gasteiger partial charge in [0.2, 0.25) is 5.52 Å². The van der Waals surface area contributed by atoms with Crippen LogP contribution < -0.4 is 9.88 Å². The molecular formula is C22H18N4O4S+2. The topological polar surface area (TPSA) is 99.4 Å². The highest BCUT2D eigenvalue weighted by Crippen LogP contribution is 2.25. The van der Waals surface area contributed by atoms with Gasteiger partial charge in [0.25, 0.3) is 15.6 Å². The highest BCUT2D eigenvalue weighted by atomic mass is 32.1. The molecule has 0 radical (unpaired) electrons. The van der Waals surface area contributed by atoms with Crippen LogP contribution in [0.1, 0.15) is 10.6 Å². The third-order valence-electron chi connectivity index (χ3n) is 4.62. The largest absolute Gasteiger partial charge is 0.361 e. The summed E-state index contributed by atoms with van der Waals surface area (Å²) >= 11 is 1.58. The minimum atomic E-state index is -0.586. The van der Waals surface area contributed by atoms with Crippen molar-refractivity contribution in [2.45, 2.75) is 6.54 Å². The maximum atomic E-state index is 11.4. The van der Waals surface area contributed by atoms with Gasteiger partial charge in [-0.05, 0) is 18.2 Å². The average Bonchev–Trinajstić information content (AvgIpc) is 3.11. The molecule has 0 bridgehead atoms. The maximum absolute atomic E-state index is 11.4. The van der Waals surface area contributed by atoms with Gasteiger partial charge in [0.05, 0.1) is 15.9 Å². The van der Waals surface area contributed by atoms with Gasteiger partial charge in [-0.2, -0.15) is 4.57 Å². The second-order valence-electron chi connectivity index (χ2n) is 6.73. The summed E-state index contributed by atoms with van der Waals surface area (Å²) < 4.78 is 3.07. The maximum Gasteiger partial charge on any atom is 0.323 e. The molecular weight excluding hydrogens is 416 g/mol. The quantitative estimate of drug-likeness (QED) is 0.241. The SMILES string of the molecule is O=[N+]([O-])c1cc(C[n+]2c(C=CNc3ccccc3)sc3ccccc32)cc([N+](=O)O)c1. The number of nitrogens with zero attached hydrogens (tertiary/aromatic N) is 3. The van der Waals surface area contributed by atoms with Crippen molar-refractivity contribution in [1.29, 1.82) is 0 Å². The van der Waals surface area contributed by atoms with Crippen molar-refractivity contribution in [3.8, 4) is 0 Å². The molecule has 31 heavy (non-hydrogen) atoms. The van der Waals surface area contributed by atoms with E-state index in [1.807, 2.05) is 71.4 Å². The van der Waals surface area contributed by atoms with Crippen LogP contribution >= 0.6 is 11.3 Å². The van der Waals surface area contributed by atoms with E-state index >= 15 is 0 Å². The number of aromatic nitrogens is 1. The molecule has 0 fully saturated rings. The molecule has 0 aliphatic carbocycles. The molecule has 9 heteroatoms. The Kier molecular flexibility index (Phi) is 5.67. The number of hydrogen-bond acceptors (Lipinski definition) is 5. The lowest BCUT2D eigenvalue weighted by Crippen LogP contribution is -2.35. The van der Waals surface area contributed by atoms with Gasteiger partial charge in [-0.3, -0.25) is 10.1 Å². The molecule has 2 N–H and O–H groups in total. The molecule has 0 amide bonds. The second-order valence-corrected chi connectivity index (χ2v) is 7.79. The monoisotopic (exact) mass is 434 g/mol. The first-order chi connectivity index (χ1) is 15.0. The number of non-ortho nitro benzene ring substituents is 1. The zero-order chi connectivity index (χ0) is 21.8.